The molecule has 1 aliphatic rings. The van der Waals surface area contributed by atoms with Crippen LogP contribution in [0.4, 0.5) is 0 Å². The highest BCUT2D eigenvalue weighted by Gasteiger charge is 2.29. The smallest absolute Gasteiger partial charge is 0.251 e. The minimum atomic E-state index is -0.0129. The lowest BCUT2D eigenvalue weighted by Gasteiger charge is -2.22. The second kappa shape index (κ2) is 6.35. The van der Waals surface area contributed by atoms with E-state index in [-0.39, 0.29) is 11.9 Å². The lowest BCUT2D eigenvalue weighted by molar-refractivity contribution is 0.0929. The zero-order valence-electron chi connectivity index (χ0n) is 13.4. The Morgan fingerprint density at radius 1 is 1.12 bits per heavy atom. The second-order valence-corrected chi connectivity index (χ2v) is 6.23. The maximum absolute atomic E-state index is 12.7. The fourth-order valence-electron chi connectivity index (χ4n) is 3.50. The van der Waals surface area contributed by atoms with Crippen LogP contribution in [0.1, 0.15) is 35.7 Å². The molecule has 5 heteroatoms. The van der Waals surface area contributed by atoms with Crippen molar-refractivity contribution in [3.63, 3.8) is 0 Å². The maximum atomic E-state index is 12.7. The van der Waals surface area contributed by atoms with Crippen LogP contribution < -0.4 is 5.32 Å². The zero-order chi connectivity index (χ0) is 16.4. The van der Waals surface area contributed by atoms with Crippen molar-refractivity contribution in [2.45, 2.75) is 31.3 Å². The van der Waals surface area contributed by atoms with Crippen molar-refractivity contribution in [1.82, 2.24) is 19.4 Å². The molecule has 2 aromatic heterocycles. The molecule has 3 aromatic rings. The first-order valence-electron chi connectivity index (χ1n) is 8.33. The van der Waals surface area contributed by atoms with Gasteiger partial charge in [0, 0.05) is 42.1 Å². The van der Waals surface area contributed by atoms with Crippen LogP contribution in [0, 0.1) is 0 Å². The predicted octanol–water partition coefficient (Wildman–Crippen LogP) is 3.20. The lowest BCUT2D eigenvalue weighted by atomic mass is 10.1. The van der Waals surface area contributed by atoms with Gasteiger partial charge in [-0.15, -0.1) is 0 Å². The summed E-state index contributed by atoms with van der Waals surface area (Å²) in [7, 11) is 0. The Hall–Kier alpha value is -2.82. The molecule has 0 aliphatic heterocycles. The van der Waals surface area contributed by atoms with Gasteiger partial charge in [-0.3, -0.25) is 4.79 Å². The molecule has 0 bridgehead atoms. The van der Waals surface area contributed by atoms with E-state index in [0.29, 0.717) is 11.6 Å². The molecule has 1 aromatic carbocycles. The van der Waals surface area contributed by atoms with E-state index in [0.717, 1.165) is 24.9 Å². The molecule has 122 valence electrons. The van der Waals surface area contributed by atoms with Gasteiger partial charge >= 0.3 is 0 Å². The van der Waals surface area contributed by atoms with E-state index in [1.54, 1.807) is 6.20 Å². The van der Waals surface area contributed by atoms with Gasteiger partial charge in [-0.1, -0.05) is 6.07 Å². The quantitative estimate of drug-likeness (QED) is 0.802. The van der Waals surface area contributed by atoms with Gasteiger partial charge in [-0.25, -0.2) is 4.98 Å². The number of carbonyl (C=O) groups excluding carboxylic acids is 1. The monoisotopic (exact) mass is 320 g/mol. The van der Waals surface area contributed by atoms with Crippen molar-refractivity contribution >= 4 is 5.91 Å². The molecular formula is C19H20N4O. The zero-order valence-corrected chi connectivity index (χ0v) is 13.4. The van der Waals surface area contributed by atoms with Gasteiger partial charge in [-0.05, 0) is 49.6 Å². The summed E-state index contributed by atoms with van der Waals surface area (Å²) in [5, 5.41) is 3.21. The third-order valence-electron chi connectivity index (χ3n) is 4.71. The second-order valence-electron chi connectivity index (χ2n) is 6.23. The van der Waals surface area contributed by atoms with E-state index in [1.165, 1.54) is 0 Å². The van der Waals surface area contributed by atoms with Crippen LogP contribution in [0.3, 0.4) is 0 Å². The summed E-state index contributed by atoms with van der Waals surface area (Å²) in [6.07, 6.45) is 12.8. The summed E-state index contributed by atoms with van der Waals surface area (Å²) in [6, 6.07) is 12.1. The van der Waals surface area contributed by atoms with E-state index >= 15 is 0 Å². The standard InChI is InChI=1S/C19H20N4O/c24-19(15-5-3-6-16(13-15)22-10-1-2-11-22)21-17-7-4-8-18(17)23-12-9-20-14-23/h1-3,5-6,9-14,17-18H,4,7-8H2,(H,21,24)/t17-,18+/m1/s1. The normalized spacial score (nSPS) is 20.2. The molecule has 4 rings (SSSR count). The summed E-state index contributed by atoms with van der Waals surface area (Å²) in [5.74, 6) is -0.0129. The number of rotatable bonds is 4. The number of amides is 1. The van der Waals surface area contributed by atoms with Crippen LogP contribution >= 0.6 is 0 Å². The first kappa shape index (κ1) is 14.8. The Morgan fingerprint density at radius 2 is 2.00 bits per heavy atom. The third kappa shape index (κ3) is 2.85. The third-order valence-corrected chi connectivity index (χ3v) is 4.71. The number of hydrogen-bond acceptors (Lipinski definition) is 2. The number of nitrogens with one attached hydrogen (secondary N) is 1. The van der Waals surface area contributed by atoms with Crippen molar-refractivity contribution in [3.05, 3.63) is 73.1 Å². The molecule has 2 atom stereocenters. The summed E-state index contributed by atoms with van der Waals surface area (Å²) in [5.41, 5.74) is 1.68. The summed E-state index contributed by atoms with van der Waals surface area (Å²) in [6.45, 7) is 0. The van der Waals surface area contributed by atoms with Crippen LogP contribution in [0.25, 0.3) is 5.69 Å². The van der Waals surface area contributed by atoms with Crippen LogP contribution in [0.5, 0.6) is 0 Å². The van der Waals surface area contributed by atoms with Gasteiger partial charge in [0.15, 0.2) is 0 Å². The van der Waals surface area contributed by atoms with Crippen molar-refractivity contribution in [3.8, 4) is 5.69 Å². The van der Waals surface area contributed by atoms with E-state index in [1.807, 2.05) is 65.9 Å². The van der Waals surface area contributed by atoms with E-state index in [2.05, 4.69) is 14.9 Å². The van der Waals surface area contributed by atoms with Crippen molar-refractivity contribution < 1.29 is 4.79 Å². The van der Waals surface area contributed by atoms with Crippen molar-refractivity contribution in [1.29, 1.82) is 0 Å². The number of aromatic nitrogens is 3. The largest absolute Gasteiger partial charge is 0.347 e. The Bertz CT molecular complexity index is 808. The molecule has 0 unspecified atom stereocenters. The minimum absolute atomic E-state index is 0.0129. The van der Waals surface area contributed by atoms with E-state index in [9.17, 15) is 4.79 Å². The number of carbonyl (C=O) groups is 1. The fourth-order valence-corrected chi connectivity index (χ4v) is 3.50. The molecule has 1 amide bonds. The fraction of sp³-hybridized carbons (Fsp3) is 0.263. The van der Waals surface area contributed by atoms with E-state index in [4.69, 9.17) is 0 Å². The van der Waals surface area contributed by atoms with Gasteiger partial charge in [0.1, 0.15) is 0 Å². The van der Waals surface area contributed by atoms with Gasteiger partial charge < -0.3 is 14.5 Å². The highest BCUT2D eigenvalue weighted by atomic mass is 16.1. The number of imidazole rings is 1. The van der Waals surface area contributed by atoms with Crippen LogP contribution in [0.15, 0.2) is 67.5 Å². The average Bonchev–Trinajstić information content (AvgIpc) is 3.36. The molecule has 1 N–H and O–H groups in total. The van der Waals surface area contributed by atoms with Crippen LogP contribution in [-0.4, -0.2) is 26.1 Å². The summed E-state index contributed by atoms with van der Waals surface area (Å²) < 4.78 is 4.11. The van der Waals surface area contributed by atoms with Crippen LogP contribution in [-0.2, 0) is 0 Å². The van der Waals surface area contributed by atoms with Gasteiger partial charge in [-0.2, -0.15) is 0 Å². The molecular weight excluding hydrogens is 300 g/mol. The molecule has 2 heterocycles. The van der Waals surface area contributed by atoms with Crippen LogP contribution in [0.2, 0.25) is 0 Å². The van der Waals surface area contributed by atoms with Crippen molar-refractivity contribution in [2.75, 3.05) is 0 Å². The Morgan fingerprint density at radius 3 is 2.79 bits per heavy atom. The molecule has 0 spiro atoms. The first-order chi connectivity index (χ1) is 11.8. The summed E-state index contributed by atoms with van der Waals surface area (Å²) >= 11 is 0. The van der Waals surface area contributed by atoms with Gasteiger partial charge in [0.2, 0.25) is 0 Å². The number of hydrogen-bond donors (Lipinski definition) is 1. The average molecular weight is 320 g/mol. The van der Waals surface area contributed by atoms with Gasteiger partial charge in [0.25, 0.3) is 5.91 Å². The topological polar surface area (TPSA) is 51.9 Å². The van der Waals surface area contributed by atoms with Gasteiger partial charge in [0.05, 0.1) is 12.4 Å². The van der Waals surface area contributed by atoms with E-state index < -0.39 is 0 Å². The maximum Gasteiger partial charge on any atom is 0.251 e. The molecule has 0 saturated heterocycles. The summed E-state index contributed by atoms with van der Waals surface area (Å²) in [4.78, 5) is 16.8. The van der Waals surface area contributed by atoms with Crippen molar-refractivity contribution in [2.24, 2.45) is 0 Å². The Balaban J connectivity index is 1.51. The highest BCUT2D eigenvalue weighted by molar-refractivity contribution is 5.95. The predicted molar refractivity (Wildman–Crippen MR) is 92.1 cm³/mol. The molecule has 1 fully saturated rings. The SMILES string of the molecule is O=C(N[C@@H]1CCC[C@@H]1n1ccnc1)c1cccc(-n2cccc2)c1. The number of nitrogens with zero attached hydrogens (tertiary/aromatic N) is 3. The highest BCUT2D eigenvalue weighted by Crippen LogP contribution is 2.30. The molecule has 0 radical (unpaired) electrons. The lowest BCUT2D eigenvalue weighted by Crippen LogP contribution is -2.38. The Kier molecular flexibility index (Phi) is 3.91. The Labute approximate surface area is 140 Å². The molecule has 1 aliphatic carbocycles. The first-order valence-corrected chi connectivity index (χ1v) is 8.33. The minimum Gasteiger partial charge on any atom is -0.347 e. The number of benzene rings is 1. The molecule has 5 nitrogen and oxygen atoms in total. The molecule has 1 saturated carbocycles. The molecule has 24 heavy (non-hydrogen) atoms.